The molecule has 0 aromatic rings. The molecule has 2 fully saturated rings. The molecule has 15 heavy (non-hydrogen) atoms. The zero-order chi connectivity index (χ0) is 11.1. The third-order valence-corrected chi connectivity index (χ3v) is 3.80. The summed E-state index contributed by atoms with van der Waals surface area (Å²) in [5, 5.41) is 0. The van der Waals surface area contributed by atoms with Crippen molar-refractivity contribution in [3.05, 3.63) is 0 Å². The summed E-state index contributed by atoms with van der Waals surface area (Å²) in [7, 11) is 0. The predicted molar refractivity (Wildman–Crippen MR) is 51.3 cm³/mol. The predicted octanol–water partition coefficient (Wildman–Crippen LogP) is 1.61. The van der Waals surface area contributed by atoms with Gasteiger partial charge in [-0.2, -0.15) is 13.2 Å². The Morgan fingerprint density at radius 3 is 2.13 bits per heavy atom. The zero-order valence-corrected chi connectivity index (χ0v) is 8.63. The fraction of sp³-hybridized carbons (Fsp3) is 1.00. The molecule has 2 nitrogen and oxygen atoms in total. The highest BCUT2D eigenvalue weighted by Gasteiger charge is 2.47. The first-order chi connectivity index (χ1) is 7.02. The van der Waals surface area contributed by atoms with Crippen molar-refractivity contribution in [3.63, 3.8) is 0 Å². The Balaban J connectivity index is 2.00. The Morgan fingerprint density at radius 1 is 1.20 bits per heavy atom. The molecule has 3 unspecified atom stereocenters. The second-order valence-electron chi connectivity index (χ2n) is 4.70. The minimum absolute atomic E-state index is 0.317. The smallest absolute Gasteiger partial charge is 0.329 e. The lowest BCUT2D eigenvalue weighted by molar-refractivity contribution is -0.178. The molecule has 3 atom stereocenters. The number of hydrogen-bond acceptors (Lipinski definition) is 2. The van der Waals surface area contributed by atoms with Gasteiger partial charge in [0.15, 0.2) is 0 Å². The first-order valence-corrected chi connectivity index (χ1v) is 5.53. The molecule has 0 spiro atoms. The van der Waals surface area contributed by atoms with E-state index in [2.05, 4.69) is 0 Å². The largest absolute Gasteiger partial charge is 0.405 e. The molecule has 2 rings (SSSR count). The number of halogens is 3. The van der Waals surface area contributed by atoms with Crippen LogP contribution in [0.5, 0.6) is 0 Å². The topological polar surface area (TPSA) is 29.3 Å². The third-order valence-electron chi connectivity index (χ3n) is 3.80. The maximum absolute atomic E-state index is 12.6. The molecule has 0 aromatic carbocycles. The Morgan fingerprint density at radius 2 is 1.73 bits per heavy atom. The summed E-state index contributed by atoms with van der Waals surface area (Å²) >= 11 is 0. The van der Waals surface area contributed by atoms with Gasteiger partial charge in [-0.05, 0) is 24.7 Å². The molecule has 0 aromatic heterocycles. The summed E-state index contributed by atoms with van der Waals surface area (Å²) in [5.74, 6) is 0.975. The molecule has 1 heterocycles. The number of fused-ring (bicyclic) bond motifs is 1. The van der Waals surface area contributed by atoms with Crippen LogP contribution < -0.4 is 5.73 Å². The number of alkyl halides is 3. The van der Waals surface area contributed by atoms with Gasteiger partial charge >= 0.3 is 6.18 Å². The van der Waals surface area contributed by atoms with E-state index in [1.165, 1.54) is 11.3 Å². The van der Waals surface area contributed by atoms with Crippen molar-refractivity contribution < 1.29 is 13.2 Å². The summed E-state index contributed by atoms with van der Waals surface area (Å²) in [6.45, 7) is 0.862. The van der Waals surface area contributed by atoms with Gasteiger partial charge in [-0.25, -0.2) is 0 Å². The van der Waals surface area contributed by atoms with E-state index in [0.717, 1.165) is 12.8 Å². The fourth-order valence-electron chi connectivity index (χ4n) is 3.02. The second kappa shape index (κ2) is 3.94. The van der Waals surface area contributed by atoms with E-state index in [9.17, 15) is 13.2 Å². The molecule has 0 bridgehead atoms. The van der Waals surface area contributed by atoms with E-state index >= 15 is 0 Å². The normalized spacial score (nSPS) is 34.4. The third kappa shape index (κ3) is 2.13. The van der Waals surface area contributed by atoms with Gasteiger partial charge in [-0.15, -0.1) is 0 Å². The standard InChI is InChI=1S/C10H17F3N2/c11-10(12,13)9(4-14)15-5-7-2-1-3-8(7)6-15/h7-9H,1-6,14H2. The highest BCUT2D eigenvalue weighted by atomic mass is 19.4. The maximum Gasteiger partial charge on any atom is 0.405 e. The SMILES string of the molecule is NCC(N1CC2CCCC2C1)C(F)(F)F. The van der Waals surface area contributed by atoms with Gasteiger partial charge in [0.25, 0.3) is 0 Å². The van der Waals surface area contributed by atoms with E-state index in [1.54, 1.807) is 0 Å². The molecule has 2 N–H and O–H groups in total. The summed E-state index contributed by atoms with van der Waals surface area (Å²) in [6.07, 6.45) is -0.803. The first-order valence-electron chi connectivity index (χ1n) is 5.53. The summed E-state index contributed by atoms with van der Waals surface area (Å²) in [6, 6.07) is -1.43. The zero-order valence-electron chi connectivity index (χ0n) is 8.63. The van der Waals surface area contributed by atoms with E-state index in [0.29, 0.717) is 24.9 Å². The lowest BCUT2D eigenvalue weighted by Crippen LogP contribution is -2.49. The molecule has 1 aliphatic carbocycles. The average molecular weight is 222 g/mol. The van der Waals surface area contributed by atoms with Crippen LogP contribution in [0, 0.1) is 11.8 Å². The molecule has 1 aliphatic heterocycles. The van der Waals surface area contributed by atoms with Gasteiger partial charge in [-0.3, -0.25) is 4.90 Å². The van der Waals surface area contributed by atoms with Crippen LogP contribution in [0.2, 0.25) is 0 Å². The fourth-order valence-corrected chi connectivity index (χ4v) is 3.02. The minimum Gasteiger partial charge on any atom is -0.329 e. The molecule has 2 aliphatic rings. The van der Waals surface area contributed by atoms with E-state index in [1.807, 2.05) is 0 Å². The van der Waals surface area contributed by atoms with Gasteiger partial charge in [-0.1, -0.05) is 6.42 Å². The summed E-state index contributed by atoms with van der Waals surface area (Å²) < 4.78 is 37.9. The van der Waals surface area contributed by atoms with Crippen LogP contribution in [0.1, 0.15) is 19.3 Å². The van der Waals surface area contributed by atoms with E-state index in [4.69, 9.17) is 5.73 Å². The van der Waals surface area contributed by atoms with Gasteiger partial charge in [0.1, 0.15) is 6.04 Å². The van der Waals surface area contributed by atoms with Gasteiger partial charge in [0.2, 0.25) is 0 Å². The van der Waals surface area contributed by atoms with E-state index < -0.39 is 12.2 Å². The van der Waals surface area contributed by atoms with Gasteiger partial charge in [0, 0.05) is 19.6 Å². The molecule has 5 heteroatoms. The maximum atomic E-state index is 12.6. The Kier molecular flexibility index (Phi) is 2.94. The highest BCUT2D eigenvalue weighted by Crippen LogP contribution is 2.40. The van der Waals surface area contributed by atoms with Crippen molar-refractivity contribution in [1.29, 1.82) is 0 Å². The molecule has 0 radical (unpaired) electrons. The monoisotopic (exact) mass is 222 g/mol. The quantitative estimate of drug-likeness (QED) is 0.769. The van der Waals surface area contributed by atoms with Crippen LogP contribution >= 0.6 is 0 Å². The molecular weight excluding hydrogens is 205 g/mol. The van der Waals surface area contributed by atoms with Crippen molar-refractivity contribution in [2.45, 2.75) is 31.5 Å². The van der Waals surface area contributed by atoms with Crippen LogP contribution in [-0.4, -0.2) is 36.8 Å². The molecule has 1 saturated heterocycles. The van der Waals surface area contributed by atoms with Crippen LogP contribution in [0.4, 0.5) is 13.2 Å². The van der Waals surface area contributed by atoms with Crippen LogP contribution in [-0.2, 0) is 0 Å². The average Bonchev–Trinajstić information content (AvgIpc) is 2.61. The Labute approximate surface area is 87.6 Å². The van der Waals surface area contributed by atoms with Gasteiger partial charge < -0.3 is 5.73 Å². The van der Waals surface area contributed by atoms with E-state index in [-0.39, 0.29) is 6.54 Å². The van der Waals surface area contributed by atoms with Crippen LogP contribution in [0.3, 0.4) is 0 Å². The summed E-state index contributed by atoms with van der Waals surface area (Å²) in [5.41, 5.74) is 5.23. The molecule has 1 saturated carbocycles. The van der Waals surface area contributed by atoms with Crippen molar-refractivity contribution >= 4 is 0 Å². The number of likely N-dealkylation sites (tertiary alicyclic amines) is 1. The Hall–Kier alpha value is -0.290. The molecule has 88 valence electrons. The highest BCUT2D eigenvalue weighted by molar-refractivity contribution is 4.93. The van der Waals surface area contributed by atoms with Crippen molar-refractivity contribution in [3.8, 4) is 0 Å². The number of nitrogens with zero attached hydrogens (tertiary/aromatic N) is 1. The minimum atomic E-state index is -4.17. The lowest BCUT2D eigenvalue weighted by Gasteiger charge is -2.29. The van der Waals surface area contributed by atoms with Crippen molar-refractivity contribution in [2.24, 2.45) is 17.6 Å². The van der Waals surface area contributed by atoms with Crippen LogP contribution in [0.15, 0.2) is 0 Å². The summed E-state index contributed by atoms with van der Waals surface area (Å²) in [4.78, 5) is 1.54. The lowest BCUT2D eigenvalue weighted by atomic mass is 10.0. The van der Waals surface area contributed by atoms with Gasteiger partial charge in [0.05, 0.1) is 0 Å². The number of nitrogens with two attached hydrogens (primary N) is 1. The molecule has 0 amide bonds. The number of hydrogen-bond donors (Lipinski definition) is 1. The second-order valence-corrected chi connectivity index (χ2v) is 4.70. The number of rotatable bonds is 2. The van der Waals surface area contributed by atoms with Crippen LogP contribution in [0.25, 0.3) is 0 Å². The Bertz CT molecular complexity index is 217. The van der Waals surface area contributed by atoms with Crippen molar-refractivity contribution in [1.82, 2.24) is 4.90 Å². The first kappa shape index (κ1) is 11.2. The molecular formula is C10H17F3N2. The van der Waals surface area contributed by atoms with Crippen molar-refractivity contribution in [2.75, 3.05) is 19.6 Å².